The minimum atomic E-state index is 0.0151. The van der Waals surface area contributed by atoms with Gasteiger partial charge in [0, 0.05) is 18.2 Å². The van der Waals surface area contributed by atoms with E-state index in [1.165, 1.54) is 16.7 Å². The van der Waals surface area contributed by atoms with Crippen LogP contribution >= 0.6 is 0 Å². The minimum absolute atomic E-state index is 0.0151. The summed E-state index contributed by atoms with van der Waals surface area (Å²) in [4.78, 5) is 9.99. The summed E-state index contributed by atoms with van der Waals surface area (Å²) in [6.07, 6.45) is 1.90. The number of benzene rings is 4. The van der Waals surface area contributed by atoms with Crippen molar-refractivity contribution in [1.82, 2.24) is 9.55 Å². The lowest BCUT2D eigenvalue weighted by atomic mass is 9.86. The molecule has 0 saturated heterocycles. The van der Waals surface area contributed by atoms with Gasteiger partial charge in [-0.05, 0) is 28.2 Å². The maximum absolute atomic E-state index is 5.10. The van der Waals surface area contributed by atoms with E-state index >= 15 is 0 Å². The first-order valence-electron chi connectivity index (χ1n) is 11.7. The average molecular weight is 444 g/mol. The molecule has 0 spiro atoms. The predicted molar refractivity (Wildman–Crippen MR) is 144 cm³/mol. The Morgan fingerprint density at radius 3 is 1.91 bits per heavy atom. The van der Waals surface area contributed by atoms with Gasteiger partial charge in [0.05, 0.1) is 22.9 Å². The lowest BCUT2D eigenvalue weighted by molar-refractivity contribution is 0.591. The van der Waals surface area contributed by atoms with Gasteiger partial charge in [-0.3, -0.25) is 4.99 Å². The third kappa shape index (κ3) is 4.06. The van der Waals surface area contributed by atoms with Crippen LogP contribution in [0.2, 0.25) is 0 Å². The number of hydrogen-bond acceptors (Lipinski definition) is 2. The fraction of sp³-hybridized carbons (Fsp3) is 0.161. The molecule has 0 N–H and O–H groups in total. The molecule has 5 rings (SSSR count). The Bertz CT molecular complexity index is 1470. The van der Waals surface area contributed by atoms with Crippen molar-refractivity contribution in [2.24, 2.45) is 12.0 Å². The second-order valence-electron chi connectivity index (χ2n) is 9.64. The molecule has 1 heterocycles. The van der Waals surface area contributed by atoms with Crippen LogP contribution in [0.1, 0.15) is 32.2 Å². The normalized spacial score (nSPS) is 12.0. The van der Waals surface area contributed by atoms with E-state index in [0.29, 0.717) is 0 Å². The van der Waals surface area contributed by atoms with Crippen LogP contribution in [-0.2, 0) is 12.5 Å². The summed E-state index contributed by atoms with van der Waals surface area (Å²) in [7, 11) is 2.08. The van der Waals surface area contributed by atoms with E-state index in [1.54, 1.807) is 0 Å². The summed E-state index contributed by atoms with van der Waals surface area (Å²) in [5.41, 5.74) is 8.94. The second-order valence-corrected chi connectivity index (χ2v) is 9.64. The third-order valence-corrected chi connectivity index (χ3v) is 6.26. The number of rotatable bonds is 4. The van der Waals surface area contributed by atoms with Crippen molar-refractivity contribution in [3.63, 3.8) is 0 Å². The van der Waals surface area contributed by atoms with Crippen molar-refractivity contribution in [1.29, 1.82) is 0 Å². The first kappa shape index (κ1) is 21.8. The average Bonchev–Trinajstić information content (AvgIpc) is 3.19. The smallest absolute Gasteiger partial charge is 0.152 e. The first-order valence-corrected chi connectivity index (χ1v) is 11.7. The van der Waals surface area contributed by atoms with Gasteiger partial charge in [0.1, 0.15) is 0 Å². The number of aromatic nitrogens is 2. The van der Waals surface area contributed by atoms with Crippen LogP contribution in [-0.4, -0.2) is 15.8 Å². The topological polar surface area (TPSA) is 30.2 Å². The van der Waals surface area contributed by atoms with E-state index < -0.39 is 0 Å². The molecular weight excluding hydrogens is 414 g/mol. The molecular formula is C31H29N3. The van der Waals surface area contributed by atoms with Gasteiger partial charge in [0.2, 0.25) is 0 Å². The van der Waals surface area contributed by atoms with Gasteiger partial charge < -0.3 is 4.57 Å². The molecule has 0 atom stereocenters. The lowest BCUT2D eigenvalue weighted by Crippen LogP contribution is -2.11. The summed E-state index contributed by atoms with van der Waals surface area (Å²) >= 11 is 0. The zero-order valence-electron chi connectivity index (χ0n) is 20.2. The van der Waals surface area contributed by atoms with Crippen LogP contribution in [0.4, 0.5) is 5.69 Å². The van der Waals surface area contributed by atoms with Gasteiger partial charge in [-0.15, -0.1) is 0 Å². The Kier molecular flexibility index (Phi) is 5.62. The third-order valence-electron chi connectivity index (χ3n) is 6.26. The molecule has 0 bridgehead atoms. The van der Waals surface area contributed by atoms with Crippen LogP contribution in [0, 0.1) is 0 Å². The first-order chi connectivity index (χ1) is 16.4. The standard InChI is InChI=1S/C31H29N3/c1-31(2,3)26-17-11-12-18-27(26)32-21-28-33-29-24(22-13-7-5-8-14-22)19-20-25(30(29)34(28)4)23-15-9-6-10-16-23/h5-21H,1-4H3. The van der Waals surface area contributed by atoms with Crippen molar-refractivity contribution >= 4 is 22.9 Å². The van der Waals surface area contributed by atoms with E-state index in [2.05, 4.69) is 111 Å². The van der Waals surface area contributed by atoms with Crippen molar-refractivity contribution < 1.29 is 0 Å². The van der Waals surface area contributed by atoms with Crippen molar-refractivity contribution in [3.8, 4) is 22.3 Å². The molecule has 0 amide bonds. The van der Waals surface area contributed by atoms with Gasteiger partial charge in [-0.2, -0.15) is 0 Å². The summed E-state index contributed by atoms with van der Waals surface area (Å²) in [6.45, 7) is 6.65. The SMILES string of the molecule is Cn1c(C=Nc2ccccc2C(C)(C)C)nc2c(-c3ccccc3)ccc(-c3ccccc3)c21. The van der Waals surface area contributed by atoms with Crippen LogP contribution in [0.15, 0.2) is 102 Å². The predicted octanol–water partition coefficient (Wildman–Crippen LogP) is 7.96. The van der Waals surface area contributed by atoms with Crippen LogP contribution in [0.25, 0.3) is 33.3 Å². The van der Waals surface area contributed by atoms with Crippen LogP contribution in [0.5, 0.6) is 0 Å². The Morgan fingerprint density at radius 2 is 1.26 bits per heavy atom. The molecule has 34 heavy (non-hydrogen) atoms. The van der Waals surface area contributed by atoms with E-state index in [0.717, 1.165) is 33.7 Å². The minimum Gasteiger partial charge on any atom is -0.326 e. The number of nitrogens with zero attached hydrogens (tertiary/aromatic N) is 3. The summed E-state index contributed by atoms with van der Waals surface area (Å²) in [6, 6.07) is 33.7. The Morgan fingerprint density at radius 1 is 0.706 bits per heavy atom. The van der Waals surface area contributed by atoms with Crippen molar-refractivity contribution in [2.75, 3.05) is 0 Å². The summed E-state index contributed by atoms with van der Waals surface area (Å²) in [5, 5.41) is 0. The zero-order chi connectivity index (χ0) is 23.7. The molecule has 0 saturated carbocycles. The molecule has 0 radical (unpaired) electrons. The molecule has 4 aromatic carbocycles. The molecule has 0 aliphatic heterocycles. The molecule has 0 aliphatic rings. The summed E-state index contributed by atoms with van der Waals surface area (Å²) < 4.78 is 2.16. The molecule has 168 valence electrons. The molecule has 0 unspecified atom stereocenters. The Labute approximate surface area is 201 Å². The number of fused-ring (bicyclic) bond motifs is 1. The second kappa shape index (κ2) is 8.75. The van der Waals surface area contributed by atoms with E-state index in [-0.39, 0.29) is 5.41 Å². The van der Waals surface area contributed by atoms with Gasteiger partial charge >= 0.3 is 0 Å². The molecule has 1 aromatic heterocycles. The molecule has 5 aromatic rings. The van der Waals surface area contributed by atoms with Gasteiger partial charge in [0.15, 0.2) is 5.82 Å². The highest BCUT2D eigenvalue weighted by molar-refractivity contribution is 6.03. The maximum Gasteiger partial charge on any atom is 0.152 e. The quantitative estimate of drug-likeness (QED) is 0.259. The fourth-order valence-corrected chi connectivity index (χ4v) is 4.50. The molecule has 0 aliphatic carbocycles. The fourth-order valence-electron chi connectivity index (χ4n) is 4.50. The van der Waals surface area contributed by atoms with E-state index in [9.17, 15) is 0 Å². The maximum atomic E-state index is 5.10. The van der Waals surface area contributed by atoms with E-state index in [1.807, 2.05) is 24.4 Å². The Hall–Kier alpha value is -3.98. The van der Waals surface area contributed by atoms with Gasteiger partial charge in [-0.25, -0.2) is 4.98 Å². The van der Waals surface area contributed by atoms with Crippen molar-refractivity contribution in [2.45, 2.75) is 26.2 Å². The van der Waals surface area contributed by atoms with Gasteiger partial charge in [-0.1, -0.05) is 112 Å². The molecule has 0 fully saturated rings. The zero-order valence-corrected chi connectivity index (χ0v) is 20.2. The van der Waals surface area contributed by atoms with Gasteiger partial charge in [0.25, 0.3) is 0 Å². The lowest BCUT2D eigenvalue weighted by Gasteiger charge is -2.20. The largest absolute Gasteiger partial charge is 0.326 e. The van der Waals surface area contributed by atoms with E-state index in [4.69, 9.17) is 9.98 Å². The van der Waals surface area contributed by atoms with Crippen molar-refractivity contribution in [3.05, 3.63) is 108 Å². The molecule has 3 nitrogen and oxygen atoms in total. The Balaban J connectivity index is 1.71. The highest BCUT2D eigenvalue weighted by Crippen LogP contribution is 2.36. The van der Waals surface area contributed by atoms with Crippen LogP contribution in [0.3, 0.4) is 0 Å². The molecule has 3 heteroatoms. The number of aryl methyl sites for hydroxylation is 1. The monoisotopic (exact) mass is 443 g/mol. The number of hydrogen-bond donors (Lipinski definition) is 0. The number of aliphatic imine (C=N–C) groups is 1. The highest BCUT2D eigenvalue weighted by atomic mass is 15.1. The highest BCUT2D eigenvalue weighted by Gasteiger charge is 2.18. The van der Waals surface area contributed by atoms with Crippen LogP contribution < -0.4 is 0 Å². The summed E-state index contributed by atoms with van der Waals surface area (Å²) in [5.74, 6) is 0.833. The number of imidazole rings is 1. The number of para-hydroxylation sites is 1.